The van der Waals surface area contributed by atoms with Gasteiger partial charge < -0.3 is 29.3 Å². The van der Waals surface area contributed by atoms with Crippen LogP contribution in [-0.2, 0) is 27.2 Å². The Kier molecular flexibility index (Phi) is 8.98. The van der Waals surface area contributed by atoms with E-state index in [1.165, 1.54) is 5.56 Å². The molecule has 1 spiro atoms. The molecule has 0 saturated carbocycles. The summed E-state index contributed by atoms with van der Waals surface area (Å²) < 4.78 is 23.0. The fourth-order valence-electron chi connectivity index (χ4n) is 3.56. The van der Waals surface area contributed by atoms with Crippen molar-refractivity contribution in [1.82, 2.24) is 10.6 Å². The Morgan fingerprint density at radius 2 is 1.90 bits per heavy atom. The molecule has 3 heterocycles. The van der Waals surface area contributed by atoms with Crippen molar-refractivity contribution in [2.24, 2.45) is 4.99 Å². The SMILES string of the molecule is I.c1ccc(CN=C(NCCc2ccco2)NCC2COC3(CCOCC3)O2)cc1. The number of halogens is 1. The number of aliphatic imine (C=N–C) groups is 1. The monoisotopic (exact) mass is 527 g/mol. The molecule has 2 aromatic rings. The molecular formula is C22H30IN3O4. The average Bonchev–Trinajstić information content (AvgIpc) is 3.41. The molecule has 1 unspecified atom stereocenters. The van der Waals surface area contributed by atoms with Gasteiger partial charge in [0.15, 0.2) is 11.7 Å². The molecule has 2 aliphatic rings. The first-order valence-electron chi connectivity index (χ1n) is 10.3. The van der Waals surface area contributed by atoms with Gasteiger partial charge in [-0.25, -0.2) is 4.99 Å². The highest BCUT2D eigenvalue weighted by Gasteiger charge is 2.42. The third kappa shape index (κ3) is 6.69. The summed E-state index contributed by atoms with van der Waals surface area (Å²) in [5, 5.41) is 6.79. The molecule has 0 radical (unpaired) electrons. The van der Waals surface area contributed by atoms with Crippen LogP contribution in [-0.4, -0.2) is 50.8 Å². The molecule has 30 heavy (non-hydrogen) atoms. The van der Waals surface area contributed by atoms with Crippen LogP contribution >= 0.6 is 24.0 Å². The van der Waals surface area contributed by atoms with Gasteiger partial charge in [0.25, 0.3) is 0 Å². The minimum atomic E-state index is -0.460. The molecule has 0 bridgehead atoms. The van der Waals surface area contributed by atoms with Crippen molar-refractivity contribution in [3.8, 4) is 0 Å². The van der Waals surface area contributed by atoms with E-state index in [1.807, 2.05) is 30.3 Å². The summed E-state index contributed by atoms with van der Waals surface area (Å²) in [4.78, 5) is 4.73. The molecule has 2 aliphatic heterocycles. The molecule has 8 heteroatoms. The maximum Gasteiger partial charge on any atom is 0.191 e. The van der Waals surface area contributed by atoms with Crippen molar-refractivity contribution in [1.29, 1.82) is 0 Å². The van der Waals surface area contributed by atoms with Crippen LogP contribution in [0.1, 0.15) is 24.2 Å². The number of guanidine groups is 1. The van der Waals surface area contributed by atoms with E-state index in [1.54, 1.807) is 6.26 Å². The van der Waals surface area contributed by atoms with Crippen LogP contribution in [0.4, 0.5) is 0 Å². The fraction of sp³-hybridized carbons (Fsp3) is 0.500. The number of ether oxygens (including phenoxy) is 3. The summed E-state index contributed by atoms with van der Waals surface area (Å²) in [6.45, 7) is 3.96. The van der Waals surface area contributed by atoms with Gasteiger partial charge in [-0.15, -0.1) is 24.0 Å². The van der Waals surface area contributed by atoms with Gasteiger partial charge in [0.1, 0.15) is 11.9 Å². The summed E-state index contributed by atoms with van der Waals surface area (Å²) in [6, 6.07) is 14.1. The lowest BCUT2D eigenvalue weighted by Gasteiger charge is -2.31. The van der Waals surface area contributed by atoms with E-state index in [2.05, 4.69) is 22.8 Å². The molecule has 1 aromatic carbocycles. The lowest BCUT2D eigenvalue weighted by atomic mass is 10.1. The van der Waals surface area contributed by atoms with E-state index in [9.17, 15) is 0 Å². The van der Waals surface area contributed by atoms with E-state index in [-0.39, 0.29) is 30.1 Å². The predicted molar refractivity (Wildman–Crippen MR) is 125 cm³/mol. The molecule has 4 rings (SSSR count). The van der Waals surface area contributed by atoms with Gasteiger partial charge in [0.05, 0.1) is 32.6 Å². The van der Waals surface area contributed by atoms with Crippen molar-refractivity contribution in [2.45, 2.75) is 37.7 Å². The normalized spacial score (nSPS) is 20.7. The molecule has 1 aromatic heterocycles. The van der Waals surface area contributed by atoms with Crippen LogP contribution in [0.3, 0.4) is 0 Å². The number of rotatable bonds is 7. The maximum atomic E-state index is 6.20. The number of nitrogens with one attached hydrogen (secondary N) is 2. The molecule has 0 aliphatic carbocycles. The summed E-state index contributed by atoms with van der Waals surface area (Å²) in [5.74, 6) is 1.25. The summed E-state index contributed by atoms with van der Waals surface area (Å²) >= 11 is 0. The Labute approximate surface area is 194 Å². The summed E-state index contributed by atoms with van der Waals surface area (Å²) in [6.07, 6.45) is 4.08. The van der Waals surface area contributed by atoms with Gasteiger partial charge in [-0.2, -0.15) is 0 Å². The highest BCUT2D eigenvalue weighted by molar-refractivity contribution is 14.0. The number of hydrogen-bond donors (Lipinski definition) is 2. The van der Waals surface area contributed by atoms with Crippen molar-refractivity contribution < 1.29 is 18.6 Å². The summed E-state index contributed by atoms with van der Waals surface area (Å²) in [7, 11) is 0. The maximum absolute atomic E-state index is 6.20. The first-order valence-corrected chi connectivity index (χ1v) is 10.3. The van der Waals surface area contributed by atoms with E-state index < -0.39 is 5.79 Å². The van der Waals surface area contributed by atoms with Crippen molar-refractivity contribution >= 4 is 29.9 Å². The minimum absolute atomic E-state index is 0. The van der Waals surface area contributed by atoms with E-state index >= 15 is 0 Å². The van der Waals surface area contributed by atoms with Gasteiger partial charge in [-0.05, 0) is 17.7 Å². The molecular weight excluding hydrogens is 497 g/mol. The van der Waals surface area contributed by atoms with Crippen LogP contribution in [0.2, 0.25) is 0 Å². The van der Waals surface area contributed by atoms with Crippen LogP contribution in [0, 0.1) is 0 Å². The quantitative estimate of drug-likeness (QED) is 0.328. The number of benzene rings is 1. The molecule has 0 amide bonds. The van der Waals surface area contributed by atoms with Gasteiger partial charge >= 0.3 is 0 Å². The second-order valence-electron chi connectivity index (χ2n) is 7.36. The second kappa shape index (κ2) is 11.7. The van der Waals surface area contributed by atoms with Gasteiger partial charge in [0, 0.05) is 32.4 Å². The van der Waals surface area contributed by atoms with Crippen molar-refractivity contribution in [3.63, 3.8) is 0 Å². The Hall–Kier alpha value is -1.62. The zero-order chi connectivity index (χ0) is 19.8. The highest BCUT2D eigenvalue weighted by Crippen LogP contribution is 2.32. The predicted octanol–water partition coefficient (Wildman–Crippen LogP) is 3.10. The molecule has 2 saturated heterocycles. The Bertz CT molecular complexity index is 764. The minimum Gasteiger partial charge on any atom is -0.469 e. The Balaban J connectivity index is 0.00000256. The first kappa shape index (κ1) is 23.1. The molecule has 2 N–H and O–H groups in total. The molecule has 1 atom stereocenters. The smallest absolute Gasteiger partial charge is 0.191 e. The Morgan fingerprint density at radius 3 is 2.67 bits per heavy atom. The topological polar surface area (TPSA) is 77.3 Å². The largest absolute Gasteiger partial charge is 0.469 e. The molecule has 2 fully saturated rings. The second-order valence-corrected chi connectivity index (χ2v) is 7.36. The van der Waals surface area contributed by atoms with Crippen LogP contribution in [0.15, 0.2) is 58.1 Å². The van der Waals surface area contributed by atoms with E-state index in [4.69, 9.17) is 23.6 Å². The summed E-state index contributed by atoms with van der Waals surface area (Å²) in [5.41, 5.74) is 1.17. The fourth-order valence-corrected chi connectivity index (χ4v) is 3.56. The first-order chi connectivity index (χ1) is 14.3. The molecule has 164 valence electrons. The van der Waals surface area contributed by atoms with Crippen molar-refractivity contribution in [2.75, 3.05) is 32.9 Å². The third-order valence-electron chi connectivity index (χ3n) is 5.17. The van der Waals surface area contributed by atoms with Crippen molar-refractivity contribution in [3.05, 3.63) is 60.1 Å². The zero-order valence-corrected chi connectivity index (χ0v) is 19.4. The van der Waals surface area contributed by atoms with E-state index in [0.29, 0.717) is 32.9 Å². The lowest BCUT2D eigenvalue weighted by Crippen LogP contribution is -2.43. The van der Waals surface area contributed by atoms with Crippen LogP contribution in [0.25, 0.3) is 0 Å². The number of furan rings is 1. The van der Waals surface area contributed by atoms with Gasteiger partial charge in [-0.1, -0.05) is 30.3 Å². The third-order valence-corrected chi connectivity index (χ3v) is 5.17. The van der Waals surface area contributed by atoms with Crippen LogP contribution in [0.5, 0.6) is 0 Å². The average molecular weight is 527 g/mol. The molecule has 7 nitrogen and oxygen atoms in total. The number of hydrogen-bond acceptors (Lipinski definition) is 5. The number of nitrogens with zero attached hydrogens (tertiary/aromatic N) is 1. The zero-order valence-electron chi connectivity index (χ0n) is 17.0. The lowest BCUT2D eigenvalue weighted by molar-refractivity contribution is -0.210. The van der Waals surface area contributed by atoms with E-state index in [0.717, 1.165) is 37.5 Å². The van der Waals surface area contributed by atoms with Gasteiger partial charge in [0.2, 0.25) is 0 Å². The highest BCUT2D eigenvalue weighted by atomic mass is 127. The standard InChI is InChI=1S/C22H29N3O4.HI/c1-2-5-18(6-3-1)15-24-21(23-11-8-19-7-4-12-27-19)25-16-20-17-28-22(29-20)9-13-26-14-10-22;/h1-7,12,20H,8-11,13-17H2,(H2,23,24,25);1H. The van der Waals surface area contributed by atoms with Gasteiger partial charge in [-0.3, -0.25) is 0 Å². The Morgan fingerprint density at radius 1 is 1.07 bits per heavy atom. The van der Waals surface area contributed by atoms with Crippen LogP contribution < -0.4 is 10.6 Å².